The second-order valence-electron chi connectivity index (χ2n) is 10.9. The number of hydrogen-bond donors (Lipinski definition) is 2. The highest BCUT2D eigenvalue weighted by molar-refractivity contribution is 5.27. The molecule has 2 N–H and O–H groups in total. The van der Waals surface area contributed by atoms with Crippen molar-refractivity contribution >= 4 is 0 Å². The van der Waals surface area contributed by atoms with Gasteiger partial charge in [0.05, 0.1) is 0 Å². The average Bonchev–Trinajstić information content (AvgIpc) is 2.76. The van der Waals surface area contributed by atoms with Gasteiger partial charge in [0.25, 0.3) is 0 Å². The van der Waals surface area contributed by atoms with Crippen molar-refractivity contribution in [1.82, 2.24) is 15.1 Å². The van der Waals surface area contributed by atoms with Crippen molar-refractivity contribution in [2.24, 2.45) is 29.6 Å². The SMILES string of the molecule is CN1CCN(CC(O)COc2ccc(CNCC3C4CC5CC(C4)CC3C5)cc2)CC1. The molecule has 31 heavy (non-hydrogen) atoms. The highest BCUT2D eigenvalue weighted by Crippen LogP contribution is 2.56. The molecule has 0 spiro atoms. The molecule has 0 aromatic heterocycles. The molecule has 172 valence electrons. The standard InChI is InChI=1S/C26H41N3O2/c1-28-6-8-29(9-7-28)17-24(30)18-31-25-4-2-19(3-5-25)15-27-16-26-22-11-20-10-21(13-22)14-23(26)12-20/h2-5,20-24,26-27,30H,6-18H2,1H3. The van der Waals surface area contributed by atoms with Crippen molar-refractivity contribution in [2.75, 3.05) is 52.9 Å². The number of nitrogens with zero attached hydrogens (tertiary/aromatic N) is 2. The minimum absolute atomic E-state index is 0.358. The van der Waals surface area contributed by atoms with Gasteiger partial charge in [-0.1, -0.05) is 12.1 Å². The molecule has 1 unspecified atom stereocenters. The molecule has 1 atom stereocenters. The van der Waals surface area contributed by atoms with E-state index in [1.807, 2.05) is 12.1 Å². The van der Waals surface area contributed by atoms with Crippen molar-refractivity contribution in [3.63, 3.8) is 0 Å². The van der Waals surface area contributed by atoms with Crippen molar-refractivity contribution in [1.29, 1.82) is 0 Å². The monoisotopic (exact) mass is 427 g/mol. The summed E-state index contributed by atoms with van der Waals surface area (Å²) in [7, 11) is 2.15. The van der Waals surface area contributed by atoms with Gasteiger partial charge in [-0.2, -0.15) is 0 Å². The summed E-state index contributed by atoms with van der Waals surface area (Å²) in [5.41, 5.74) is 1.31. The molecule has 1 saturated heterocycles. The predicted octanol–water partition coefficient (Wildman–Crippen LogP) is 2.84. The maximum Gasteiger partial charge on any atom is 0.119 e. The van der Waals surface area contributed by atoms with Gasteiger partial charge in [0.2, 0.25) is 0 Å². The van der Waals surface area contributed by atoms with Crippen LogP contribution in [0.4, 0.5) is 0 Å². The molecule has 4 bridgehead atoms. The fourth-order valence-corrected chi connectivity index (χ4v) is 7.03. The number of ether oxygens (including phenoxy) is 1. The Bertz CT molecular complexity index is 673. The van der Waals surface area contributed by atoms with Crippen LogP contribution in [0.2, 0.25) is 0 Å². The fourth-order valence-electron chi connectivity index (χ4n) is 7.03. The van der Waals surface area contributed by atoms with Gasteiger partial charge in [-0.15, -0.1) is 0 Å². The number of benzene rings is 1. The van der Waals surface area contributed by atoms with Gasteiger partial charge < -0.3 is 20.1 Å². The van der Waals surface area contributed by atoms with Crippen molar-refractivity contribution in [2.45, 2.75) is 44.8 Å². The summed E-state index contributed by atoms with van der Waals surface area (Å²) in [4.78, 5) is 4.66. The smallest absolute Gasteiger partial charge is 0.119 e. The summed E-state index contributed by atoms with van der Waals surface area (Å²) in [6.07, 6.45) is 7.12. The molecule has 5 aliphatic rings. The number of piperazine rings is 1. The van der Waals surface area contributed by atoms with E-state index >= 15 is 0 Å². The lowest BCUT2D eigenvalue weighted by Gasteiger charge is -2.54. The normalized spacial score (nSPS) is 34.2. The van der Waals surface area contributed by atoms with E-state index in [-0.39, 0.29) is 0 Å². The minimum Gasteiger partial charge on any atom is -0.491 e. The molecule has 1 heterocycles. The van der Waals surface area contributed by atoms with E-state index in [1.165, 1.54) is 44.2 Å². The Morgan fingerprint density at radius 1 is 0.968 bits per heavy atom. The van der Waals surface area contributed by atoms with Gasteiger partial charge in [-0.05, 0) is 93.0 Å². The molecular formula is C26H41N3O2. The Balaban J connectivity index is 1.01. The lowest BCUT2D eigenvalue weighted by atomic mass is 9.52. The lowest BCUT2D eigenvalue weighted by molar-refractivity contribution is -0.0355. The van der Waals surface area contributed by atoms with Crippen LogP contribution in [0.1, 0.15) is 37.7 Å². The molecule has 4 saturated carbocycles. The van der Waals surface area contributed by atoms with Gasteiger partial charge in [0, 0.05) is 39.3 Å². The first kappa shape index (κ1) is 21.7. The highest BCUT2D eigenvalue weighted by atomic mass is 16.5. The molecule has 5 nitrogen and oxygen atoms in total. The Kier molecular flexibility index (Phi) is 6.84. The molecule has 0 radical (unpaired) electrons. The number of β-amino-alcohol motifs (C(OH)–C–C–N with tert-alkyl or cyclic N) is 1. The molecule has 1 aliphatic heterocycles. The molecule has 0 amide bonds. The third-order valence-electron chi connectivity index (χ3n) is 8.56. The molecular weight excluding hydrogens is 386 g/mol. The van der Waals surface area contributed by atoms with Gasteiger partial charge in [-0.25, -0.2) is 0 Å². The van der Waals surface area contributed by atoms with Gasteiger partial charge in [0.15, 0.2) is 0 Å². The van der Waals surface area contributed by atoms with E-state index < -0.39 is 6.10 Å². The molecule has 5 heteroatoms. The maximum atomic E-state index is 10.3. The Labute approximate surface area is 188 Å². The van der Waals surface area contributed by atoms with E-state index in [2.05, 4.69) is 34.3 Å². The summed E-state index contributed by atoms with van der Waals surface area (Å²) in [6, 6.07) is 8.41. The summed E-state index contributed by atoms with van der Waals surface area (Å²) in [5, 5.41) is 14.1. The van der Waals surface area contributed by atoms with E-state index in [1.54, 1.807) is 0 Å². The van der Waals surface area contributed by atoms with Crippen molar-refractivity contribution in [3.8, 4) is 5.75 Å². The first-order valence-corrected chi connectivity index (χ1v) is 12.6. The second-order valence-corrected chi connectivity index (χ2v) is 10.9. The first-order valence-electron chi connectivity index (χ1n) is 12.6. The molecule has 1 aromatic rings. The maximum absolute atomic E-state index is 10.3. The number of hydrogen-bond acceptors (Lipinski definition) is 5. The van der Waals surface area contributed by atoms with Gasteiger partial charge >= 0.3 is 0 Å². The van der Waals surface area contributed by atoms with Crippen molar-refractivity contribution < 1.29 is 9.84 Å². The second kappa shape index (κ2) is 9.78. The number of aliphatic hydroxyl groups is 1. The number of rotatable bonds is 9. The van der Waals surface area contributed by atoms with E-state index in [4.69, 9.17) is 4.74 Å². The van der Waals surface area contributed by atoms with Crippen LogP contribution in [-0.4, -0.2) is 73.9 Å². The van der Waals surface area contributed by atoms with Crippen LogP contribution >= 0.6 is 0 Å². The summed E-state index contributed by atoms with van der Waals surface area (Å²) in [5.74, 6) is 5.88. The zero-order valence-corrected chi connectivity index (χ0v) is 19.2. The van der Waals surface area contributed by atoms with Gasteiger partial charge in [-0.3, -0.25) is 4.90 Å². The Morgan fingerprint density at radius 2 is 1.61 bits per heavy atom. The van der Waals surface area contributed by atoms with E-state index in [9.17, 15) is 5.11 Å². The van der Waals surface area contributed by atoms with Crippen molar-refractivity contribution in [3.05, 3.63) is 29.8 Å². The van der Waals surface area contributed by atoms with Crippen LogP contribution in [0.15, 0.2) is 24.3 Å². The molecule has 5 fully saturated rings. The molecule has 6 rings (SSSR count). The number of nitrogens with one attached hydrogen (secondary N) is 1. The third kappa shape index (κ3) is 5.44. The zero-order chi connectivity index (χ0) is 21.2. The predicted molar refractivity (Wildman–Crippen MR) is 124 cm³/mol. The molecule has 4 aliphatic carbocycles. The Morgan fingerprint density at radius 3 is 2.26 bits per heavy atom. The highest BCUT2D eigenvalue weighted by Gasteiger charge is 2.47. The first-order chi connectivity index (χ1) is 15.1. The lowest BCUT2D eigenvalue weighted by Crippen LogP contribution is -2.48. The minimum atomic E-state index is -0.439. The Hall–Kier alpha value is -1.14. The van der Waals surface area contributed by atoms with Gasteiger partial charge in [0.1, 0.15) is 18.5 Å². The largest absolute Gasteiger partial charge is 0.491 e. The van der Waals surface area contributed by atoms with E-state index in [0.717, 1.165) is 68.1 Å². The van der Waals surface area contributed by atoms with Crippen LogP contribution in [0.5, 0.6) is 5.75 Å². The van der Waals surface area contributed by atoms with Crippen LogP contribution in [-0.2, 0) is 6.54 Å². The van der Waals surface area contributed by atoms with E-state index in [0.29, 0.717) is 13.2 Å². The third-order valence-corrected chi connectivity index (χ3v) is 8.56. The van der Waals surface area contributed by atoms with Crippen LogP contribution in [0.3, 0.4) is 0 Å². The topological polar surface area (TPSA) is 48.0 Å². The van der Waals surface area contributed by atoms with Crippen LogP contribution in [0.25, 0.3) is 0 Å². The molecule has 1 aromatic carbocycles. The quantitative estimate of drug-likeness (QED) is 0.635. The average molecular weight is 428 g/mol. The summed E-state index contributed by atoms with van der Waals surface area (Å²) < 4.78 is 5.84. The summed E-state index contributed by atoms with van der Waals surface area (Å²) in [6.45, 7) is 7.38. The number of aliphatic hydroxyl groups excluding tert-OH is 1. The fraction of sp³-hybridized carbons (Fsp3) is 0.769. The number of likely N-dealkylation sites (N-methyl/N-ethyl adjacent to an activating group) is 1. The zero-order valence-electron chi connectivity index (χ0n) is 19.2. The van der Waals surface area contributed by atoms with Crippen LogP contribution < -0.4 is 10.1 Å². The summed E-state index contributed by atoms with van der Waals surface area (Å²) >= 11 is 0. The van der Waals surface area contributed by atoms with Crippen LogP contribution in [0, 0.1) is 29.6 Å².